The lowest BCUT2D eigenvalue weighted by atomic mass is 9.88. The molecule has 0 fully saturated rings. The topological polar surface area (TPSA) is 49.3 Å². The zero-order chi connectivity index (χ0) is 20.1. The van der Waals surface area contributed by atoms with Crippen molar-refractivity contribution in [2.45, 2.75) is 18.4 Å². The second kappa shape index (κ2) is 9.03. The summed E-state index contributed by atoms with van der Waals surface area (Å²) >= 11 is 1.61. The van der Waals surface area contributed by atoms with E-state index in [0.717, 1.165) is 26.8 Å². The van der Waals surface area contributed by atoms with Crippen molar-refractivity contribution in [1.82, 2.24) is 5.32 Å². The van der Waals surface area contributed by atoms with Gasteiger partial charge in [-0.05, 0) is 28.0 Å². The highest BCUT2D eigenvalue weighted by molar-refractivity contribution is 7.17. The van der Waals surface area contributed by atoms with Gasteiger partial charge in [-0.15, -0.1) is 11.3 Å². The molecule has 1 heterocycles. The fraction of sp³-hybridized carbons (Fsp3) is 0.160. The molecule has 2 N–H and O–H groups in total. The van der Waals surface area contributed by atoms with Crippen molar-refractivity contribution >= 4 is 27.3 Å². The number of fused-ring (bicyclic) bond motifs is 1. The third-order valence-corrected chi connectivity index (χ3v) is 6.14. The van der Waals surface area contributed by atoms with Crippen molar-refractivity contribution < 1.29 is 9.90 Å². The van der Waals surface area contributed by atoms with Crippen LogP contribution in [0, 0.1) is 0 Å². The van der Waals surface area contributed by atoms with Gasteiger partial charge in [0.15, 0.2) is 0 Å². The minimum absolute atomic E-state index is 0.0171. The van der Waals surface area contributed by atoms with Crippen LogP contribution in [0.15, 0.2) is 90.3 Å². The maximum absolute atomic E-state index is 12.7. The Morgan fingerprint density at radius 1 is 0.862 bits per heavy atom. The Morgan fingerprint density at radius 2 is 1.45 bits per heavy atom. The van der Waals surface area contributed by atoms with Gasteiger partial charge in [-0.3, -0.25) is 4.79 Å². The van der Waals surface area contributed by atoms with Crippen molar-refractivity contribution in [1.29, 1.82) is 0 Å². The standard InChI is InChI=1S/C25H23NO2S/c27-23(22-17-29-24-14-8-7-13-20(22)24)16-26-25(28)15-21(18-9-3-1-4-10-18)19-11-5-2-6-12-19/h1-14,17,21,23,27H,15-16H2,(H,26,28). The monoisotopic (exact) mass is 401 g/mol. The molecule has 0 radical (unpaired) electrons. The number of benzene rings is 3. The van der Waals surface area contributed by atoms with Gasteiger partial charge in [-0.2, -0.15) is 0 Å². The molecule has 0 saturated carbocycles. The fourth-order valence-electron chi connectivity index (χ4n) is 3.63. The van der Waals surface area contributed by atoms with Gasteiger partial charge in [0.1, 0.15) is 0 Å². The predicted molar refractivity (Wildman–Crippen MR) is 119 cm³/mol. The van der Waals surface area contributed by atoms with Gasteiger partial charge >= 0.3 is 0 Å². The maximum Gasteiger partial charge on any atom is 0.221 e. The second-order valence-electron chi connectivity index (χ2n) is 7.09. The van der Waals surface area contributed by atoms with E-state index in [2.05, 4.69) is 29.6 Å². The minimum Gasteiger partial charge on any atom is -0.387 e. The molecule has 1 unspecified atom stereocenters. The predicted octanol–water partition coefficient (Wildman–Crippen LogP) is 5.27. The van der Waals surface area contributed by atoms with Gasteiger partial charge in [-0.25, -0.2) is 0 Å². The van der Waals surface area contributed by atoms with Crippen LogP contribution in [0.25, 0.3) is 10.1 Å². The molecule has 3 aromatic carbocycles. The summed E-state index contributed by atoms with van der Waals surface area (Å²) in [6.07, 6.45) is -0.382. The number of rotatable bonds is 7. The SMILES string of the molecule is O=C(CC(c1ccccc1)c1ccccc1)NCC(O)c1csc2ccccc12. The molecule has 0 spiro atoms. The number of carbonyl (C=O) groups is 1. The van der Waals surface area contributed by atoms with E-state index >= 15 is 0 Å². The highest BCUT2D eigenvalue weighted by Crippen LogP contribution is 2.30. The molecule has 3 nitrogen and oxygen atoms in total. The van der Waals surface area contributed by atoms with Crippen LogP contribution in [0.5, 0.6) is 0 Å². The fourth-order valence-corrected chi connectivity index (χ4v) is 4.64. The number of hydrogen-bond acceptors (Lipinski definition) is 3. The molecular formula is C25H23NO2S. The van der Waals surface area contributed by atoms with E-state index in [1.807, 2.05) is 66.0 Å². The number of thiophene rings is 1. The minimum atomic E-state index is -0.720. The molecule has 1 atom stereocenters. The Labute approximate surface area is 174 Å². The first-order valence-corrected chi connectivity index (χ1v) is 10.6. The number of nitrogens with one attached hydrogen (secondary N) is 1. The molecule has 4 aromatic rings. The molecule has 29 heavy (non-hydrogen) atoms. The lowest BCUT2D eigenvalue weighted by molar-refractivity contribution is -0.121. The van der Waals surface area contributed by atoms with Gasteiger partial charge in [0, 0.05) is 29.1 Å². The van der Waals surface area contributed by atoms with Gasteiger partial charge in [0.25, 0.3) is 0 Å². The summed E-state index contributed by atoms with van der Waals surface area (Å²) in [5.41, 5.74) is 3.09. The average molecular weight is 402 g/mol. The third kappa shape index (κ3) is 4.56. The zero-order valence-corrected chi connectivity index (χ0v) is 16.8. The van der Waals surface area contributed by atoms with Crippen LogP contribution in [0.4, 0.5) is 0 Å². The largest absolute Gasteiger partial charge is 0.387 e. The molecule has 0 aliphatic rings. The lowest BCUT2D eigenvalue weighted by Gasteiger charge is -2.19. The van der Waals surface area contributed by atoms with E-state index < -0.39 is 6.10 Å². The summed E-state index contributed by atoms with van der Waals surface area (Å²) in [6.45, 7) is 0.204. The van der Waals surface area contributed by atoms with Crippen molar-refractivity contribution in [3.8, 4) is 0 Å². The first-order chi connectivity index (χ1) is 14.2. The summed E-state index contributed by atoms with van der Waals surface area (Å²) in [6, 6.07) is 28.2. The molecular weight excluding hydrogens is 378 g/mol. The number of amides is 1. The summed E-state index contributed by atoms with van der Waals surface area (Å²) in [7, 11) is 0. The van der Waals surface area contributed by atoms with Crippen LogP contribution < -0.4 is 5.32 Å². The van der Waals surface area contributed by atoms with E-state index in [1.165, 1.54) is 0 Å². The van der Waals surface area contributed by atoms with E-state index in [9.17, 15) is 9.90 Å². The van der Waals surface area contributed by atoms with Crippen molar-refractivity contribution in [3.05, 3.63) is 107 Å². The molecule has 4 heteroatoms. The van der Waals surface area contributed by atoms with E-state index in [-0.39, 0.29) is 18.4 Å². The third-order valence-electron chi connectivity index (χ3n) is 5.16. The molecule has 1 amide bonds. The molecule has 146 valence electrons. The Kier molecular flexibility index (Phi) is 6.03. The van der Waals surface area contributed by atoms with Crippen molar-refractivity contribution in [2.75, 3.05) is 6.54 Å². The van der Waals surface area contributed by atoms with E-state index in [4.69, 9.17) is 0 Å². The zero-order valence-electron chi connectivity index (χ0n) is 16.0. The van der Waals surface area contributed by atoms with Crippen LogP contribution in [-0.4, -0.2) is 17.6 Å². The molecule has 0 aliphatic heterocycles. The van der Waals surface area contributed by atoms with Crippen molar-refractivity contribution in [3.63, 3.8) is 0 Å². The quantitative estimate of drug-likeness (QED) is 0.443. The Morgan fingerprint density at radius 3 is 2.10 bits per heavy atom. The van der Waals surface area contributed by atoms with Gasteiger partial charge in [0.05, 0.1) is 6.10 Å². The highest BCUT2D eigenvalue weighted by Gasteiger charge is 2.19. The summed E-state index contributed by atoms with van der Waals surface area (Å²) < 4.78 is 1.14. The number of carbonyl (C=O) groups excluding carboxylic acids is 1. The number of hydrogen-bond donors (Lipinski definition) is 2. The molecule has 4 rings (SSSR count). The Hall–Kier alpha value is -2.95. The first kappa shape index (κ1) is 19.4. The number of aliphatic hydroxyl groups excluding tert-OH is 1. The van der Waals surface area contributed by atoms with Crippen LogP contribution in [0.3, 0.4) is 0 Å². The summed E-state index contributed by atoms with van der Waals surface area (Å²) in [4.78, 5) is 12.7. The van der Waals surface area contributed by atoms with Crippen molar-refractivity contribution in [2.24, 2.45) is 0 Å². The van der Waals surface area contributed by atoms with Gasteiger partial charge in [0.2, 0.25) is 5.91 Å². The van der Waals surface area contributed by atoms with Gasteiger partial charge < -0.3 is 10.4 Å². The summed E-state index contributed by atoms with van der Waals surface area (Å²) in [5, 5.41) is 16.6. The molecule has 0 aliphatic carbocycles. The lowest BCUT2D eigenvalue weighted by Crippen LogP contribution is -2.29. The molecule has 1 aromatic heterocycles. The maximum atomic E-state index is 12.7. The van der Waals surface area contributed by atoms with Crippen LogP contribution in [0.2, 0.25) is 0 Å². The molecule has 0 bridgehead atoms. The van der Waals surface area contributed by atoms with Gasteiger partial charge in [-0.1, -0.05) is 78.9 Å². The first-order valence-electron chi connectivity index (χ1n) is 9.73. The Bertz CT molecular complexity index is 1040. The second-order valence-corrected chi connectivity index (χ2v) is 8.00. The van der Waals surface area contributed by atoms with Crippen LogP contribution >= 0.6 is 11.3 Å². The van der Waals surface area contributed by atoms with Crippen LogP contribution in [-0.2, 0) is 4.79 Å². The van der Waals surface area contributed by atoms with Crippen LogP contribution in [0.1, 0.15) is 35.1 Å². The molecule has 0 saturated heterocycles. The average Bonchev–Trinajstić information content (AvgIpc) is 3.21. The highest BCUT2D eigenvalue weighted by atomic mass is 32.1. The smallest absolute Gasteiger partial charge is 0.221 e. The summed E-state index contributed by atoms with van der Waals surface area (Å²) in [5.74, 6) is -0.0854. The Balaban J connectivity index is 1.44. The number of aliphatic hydroxyl groups is 1. The van der Waals surface area contributed by atoms with E-state index in [0.29, 0.717) is 6.42 Å². The van der Waals surface area contributed by atoms with E-state index in [1.54, 1.807) is 11.3 Å². The normalized spacial score (nSPS) is 12.2.